The zero-order valence-corrected chi connectivity index (χ0v) is 15.7. The van der Waals surface area contributed by atoms with E-state index in [-0.39, 0.29) is 0 Å². The fourth-order valence-electron chi connectivity index (χ4n) is 2.98. The summed E-state index contributed by atoms with van der Waals surface area (Å²) in [6.07, 6.45) is 3.90. The molecule has 2 heterocycles. The number of aromatic nitrogens is 2. The number of guanidine groups is 1. The van der Waals surface area contributed by atoms with Crippen molar-refractivity contribution < 1.29 is 4.52 Å². The minimum Gasteiger partial charge on any atom is -0.361 e. The number of aryl methyl sites for hydroxylation is 2. The molecule has 6 nitrogen and oxygen atoms in total. The maximum Gasteiger partial charge on any atom is 0.191 e. The molecule has 2 aromatic heterocycles. The number of aromatic amines is 1. The molecule has 0 atom stereocenters. The largest absolute Gasteiger partial charge is 0.361 e. The van der Waals surface area contributed by atoms with Crippen LogP contribution in [-0.4, -0.2) is 29.2 Å². The molecule has 0 radical (unpaired) electrons. The van der Waals surface area contributed by atoms with Crippen LogP contribution in [0.25, 0.3) is 10.9 Å². The fraction of sp³-hybridized carbons (Fsp3) is 0.400. The summed E-state index contributed by atoms with van der Waals surface area (Å²) < 4.78 is 5.29. The van der Waals surface area contributed by atoms with E-state index in [4.69, 9.17) is 4.52 Å². The average Bonchev–Trinajstić information content (AvgIpc) is 3.27. The lowest BCUT2D eigenvalue weighted by Gasteiger charge is -2.10. The average molecular weight is 353 g/mol. The topological polar surface area (TPSA) is 78.2 Å². The quantitative estimate of drug-likeness (QED) is 0.450. The number of benzene rings is 1. The first-order valence-corrected chi connectivity index (χ1v) is 9.23. The van der Waals surface area contributed by atoms with E-state index in [2.05, 4.69) is 70.9 Å². The lowest BCUT2D eigenvalue weighted by molar-refractivity contribution is 0.379. The van der Waals surface area contributed by atoms with Crippen LogP contribution in [0, 0.1) is 6.92 Å². The maximum atomic E-state index is 5.29. The number of nitrogens with zero attached hydrogens (tertiary/aromatic N) is 2. The highest BCUT2D eigenvalue weighted by molar-refractivity contribution is 5.86. The van der Waals surface area contributed by atoms with Crippen molar-refractivity contribution in [2.24, 2.45) is 4.99 Å². The van der Waals surface area contributed by atoms with E-state index in [1.807, 2.05) is 6.07 Å². The predicted octanol–water partition coefficient (Wildman–Crippen LogP) is 3.32. The van der Waals surface area contributed by atoms with Gasteiger partial charge >= 0.3 is 0 Å². The Kier molecular flexibility index (Phi) is 5.94. The first-order chi connectivity index (χ1) is 12.7. The molecule has 0 amide bonds. The molecule has 1 aromatic carbocycles. The van der Waals surface area contributed by atoms with Gasteiger partial charge < -0.3 is 20.1 Å². The summed E-state index contributed by atoms with van der Waals surface area (Å²) in [5.74, 6) is 1.57. The Morgan fingerprint density at radius 2 is 2.15 bits per heavy atom. The minimum absolute atomic E-state index is 0.481. The number of hydrogen-bond donors (Lipinski definition) is 3. The Balaban J connectivity index is 1.59. The van der Waals surface area contributed by atoms with Crippen molar-refractivity contribution in [1.82, 2.24) is 20.8 Å². The number of rotatable bonds is 7. The molecular formula is C20H27N5O. The lowest BCUT2D eigenvalue weighted by Crippen LogP contribution is -2.38. The van der Waals surface area contributed by atoms with Crippen LogP contribution in [0.3, 0.4) is 0 Å². The number of hydrogen-bond acceptors (Lipinski definition) is 3. The molecule has 26 heavy (non-hydrogen) atoms. The van der Waals surface area contributed by atoms with Gasteiger partial charge in [-0.15, -0.1) is 0 Å². The van der Waals surface area contributed by atoms with Gasteiger partial charge in [-0.25, -0.2) is 4.99 Å². The van der Waals surface area contributed by atoms with Crippen molar-refractivity contribution >= 4 is 16.9 Å². The predicted molar refractivity (Wildman–Crippen MR) is 105 cm³/mol. The second kappa shape index (κ2) is 8.56. The van der Waals surface area contributed by atoms with E-state index in [0.717, 1.165) is 43.3 Å². The smallest absolute Gasteiger partial charge is 0.191 e. The molecule has 0 unspecified atom stereocenters. The Labute approximate surface area is 154 Å². The van der Waals surface area contributed by atoms with Crippen molar-refractivity contribution in [2.75, 3.05) is 13.1 Å². The van der Waals surface area contributed by atoms with Crippen LogP contribution >= 0.6 is 0 Å². The van der Waals surface area contributed by atoms with Crippen LogP contribution in [0.15, 0.2) is 40.0 Å². The Hall–Kier alpha value is -2.76. The zero-order valence-electron chi connectivity index (χ0n) is 15.7. The Morgan fingerprint density at radius 1 is 1.27 bits per heavy atom. The third-order valence-corrected chi connectivity index (χ3v) is 4.40. The van der Waals surface area contributed by atoms with E-state index < -0.39 is 0 Å². The third-order valence-electron chi connectivity index (χ3n) is 4.40. The van der Waals surface area contributed by atoms with Gasteiger partial charge in [0.05, 0.1) is 5.69 Å². The fourth-order valence-corrected chi connectivity index (χ4v) is 2.98. The molecule has 0 aliphatic rings. The third kappa shape index (κ3) is 4.25. The number of H-pyrrole nitrogens is 1. The Bertz CT molecular complexity index is 877. The summed E-state index contributed by atoms with van der Waals surface area (Å²) >= 11 is 0. The van der Waals surface area contributed by atoms with Gasteiger partial charge in [-0.05, 0) is 37.8 Å². The molecule has 0 saturated carbocycles. The minimum atomic E-state index is 0.481. The molecular weight excluding hydrogens is 326 g/mol. The van der Waals surface area contributed by atoms with Crippen molar-refractivity contribution in [2.45, 2.75) is 40.2 Å². The molecule has 0 aliphatic heterocycles. The second-order valence-electron chi connectivity index (χ2n) is 6.32. The SMILES string of the molecule is CCNC(=NCc1cc(CC)no1)NCCc1c[nH]c2c(C)cccc12. The van der Waals surface area contributed by atoms with Crippen molar-refractivity contribution in [3.63, 3.8) is 0 Å². The molecule has 138 valence electrons. The van der Waals surface area contributed by atoms with E-state index in [9.17, 15) is 0 Å². The summed E-state index contributed by atoms with van der Waals surface area (Å²) in [5.41, 5.74) is 4.77. The van der Waals surface area contributed by atoms with Crippen LogP contribution in [-0.2, 0) is 19.4 Å². The van der Waals surface area contributed by atoms with E-state index >= 15 is 0 Å². The summed E-state index contributed by atoms with van der Waals surface area (Å²) in [7, 11) is 0. The van der Waals surface area contributed by atoms with Crippen LogP contribution < -0.4 is 10.6 Å². The first kappa shape index (κ1) is 18.0. The van der Waals surface area contributed by atoms with Crippen LogP contribution in [0.1, 0.15) is 36.4 Å². The maximum absolute atomic E-state index is 5.29. The Morgan fingerprint density at radius 3 is 2.92 bits per heavy atom. The van der Waals surface area contributed by atoms with Crippen LogP contribution in [0.5, 0.6) is 0 Å². The van der Waals surface area contributed by atoms with Gasteiger partial charge in [0.1, 0.15) is 6.54 Å². The van der Waals surface area contributed by atoms with Crippen LogP contribution in [0.2, 0.25) is 0 Å². The zero-order chi connectivity index (χ0) is 18.4. The van der Waals surface area contributed by atoms with Crippen LogP contribution in [0.4, 0.5) is 0 Å². The molecule has 0 fully saturated rings. The summed E-state index contributed by atoms with van der Waals surface area (Å²) in [6, 6.07) is 8.37. The molecule has 0 aliphatic carbocycles. The number of aliphatic imine (C=N–C) groups is 1. The normalized spacial score (nSPS) is 11.9. The van der Waals surface area contributed by atoms with E-state index in [1.54, 1.807) is 0 Å². The number of fused-ring (bicyclic) bond motifs is 1. The summed E-state index contributed by atoms with van der Waals surface area (Å²) in [5, 5.41) is 12.0. The second-order valence-corrected chi connectivity index (χ2v) is 6.32. The number of para-hydroxylation sites is 1. The van der Waals surface area contributed by atoms with Crippen molar-refractivity contribution in [3.05, 3.63) is 53.0 Å². The van der Waals surface area contributed by atoms with Gasteiger partial charge in [0.25, 0.3) is 0 Å². The highest BCUT2D eigenvalue weighted by atomic mass is 16.5. The van der Waals surface area contributed by atoms with Gasteiger partial charge in [0.15, 0.2) is 11.7 Å². The van der Waals surface area contributed by atoms with Gasteiger partial charge in [0.2, 0.25) is 0 Å². The lowest BCUT2D eigenvalue weighted by atomic mass is 10.1. The monoisotopic (exact) mass is 353 g/mol. The van der Waals surface area contributed by atoms with Gasteiger partial charge in [0, 0.05) is 36.3 Å². The highest BCUT2D eigenvalue weighted by Gasteiger charge is 2.06. The molecule has 3 rings (SSSR count). The molecule has 0 spiro atoms. The first-order valence-electron chi connectivity index (χ1n) is 9.23. The standard InChI is InChI=1S/C20H27N5O/c1-4-16-11-17(26-25-16)13-24-20(21-5-2)22-10-9-15-12-23-19-14(3)7-6-8-18(15)19/h6-8,11-12,23H,4-5,9-10,13H2,1-3H3,(H2,21,22,24). The van der Waals surface area contributed by atoms with Crippen molar-refractivity contribution in [1.29, 1.82) is 0 Å². The van der Waals surface area contributed by atoms with E-state index in [0.29, 0.717) is 6.54 Å². The van der Waals surface area contributed by atoms with Gasteiger partial charge in [-0.3, -0.25) is 0 Å². The molecule has 6 heteroatoms. The highest BCUT2D eigenvalue weighted by Crippen LogP contribution is 2.21. The summed E-state index contributed by atoms with van der Waals surface area (Å²) in [4.78, 5) is 7.96. The van der Waals surface area contributed by atoms with Gasteiger partial charge in [-0.1, -0.05) is 30.3 Å². The molecule has 3 aromatic rings. The molecule has 3 N–H and O–H groups in total. The van der Waals surface area contributed by atoms with Crippen molar-refractivity contribution in [3.8, 4) is 0 Å². The molecule has 0 saturated heterocycles. The summed E-state index contributed by atoms with van der Waals surface area (Å²) in [6.45, 7) is 8.35. The number of nitrogens with one attached hydrogen (secondary N) is 3. The van der Waals surface area contributed by atoms with Gasteiger partial charge in [-0.2, -0.15) is 0 Å². The van der Waals surface area contributed by atoms with E-state index in [1.165, 1.54) is 22.0 Å². The molecule has 0 bridgehead atoms.